The normalized spacial score (nSPS) is 30.5. The van der Waals surface area contributed by atoms with E-state index >= 15 is 0 Å². The summed E-state index contributed by atoms with van der Waals surface area (Å²) < 4.78 is 11.4. The van der Waals surface area contributed by atoms with Crippen molar-refractivity contribution in [3.63, 3.8) is 0 Å². The molecule has 0 aromatic carbocycles. The molecule has 0 radical (unpaired) electrons. The molecule has 1 unspecified atom stereocenters. The van der Waals surface area contributed by atoms with Crippen LogP contribution in [-0.4, -0.2) is 56.4 Å². The minimum atomic E-state index is -1.31. The summed E-state index contributed by atoms with van der Waals surface area (Å²) in [6.45, 7) is 1.69. The van der Waals surface area contributed by atoms with Gasteiger partial charge in [0.1, 0.15) is 18.3 Å². The van der Waals surface area contributed by atoms with Gasteiger partial charge in [-0.15, -0.1) is 0 Å². The van der Waals surface area contributed by atoms with Gasteiger partial charge in [0.15, 0.2) is 6.23 Å². The van der Waals surface area contributed by atoms with Crippen LogP contribution in [-0.2, 0) is 4.74 Å². The van der Waals surface area contributed by atoms with Gasteiger partial charge in [0.25, 0.3) is 0 Å². The number of aliphatic hydroxyl groups is 3. The molecule has 8 nitrogen and oxygen atoms in total. The van der Waals surface area contributed by atoms with Crippen molar-refractivity contribution in [3.05, 3.63) is 22.7 Å². The molecule has 0 saturated carbocycles. The maximum Gasteiger partial charge on any atom is 0.353 e. The highest BCUT2D eigenvalue weighted by Crippen LogP contribution is 2.28. The van der Waals surface area contributed by atoms with Gasteiger partial charge in [-0.2, -0.15) is 4.98 Å². The Morgan fingerprint density at radius 2 is 2.21 bits per heavy atom. The van der Waals surface area contributed by atoms with Gasteiger partial charge in [-0.25, -0.2) is 4.79 Å². The molecule has 19 heavy (non-hydrogen) atoms. The van der Waals surface area contributed by atoms with Crippen molar-refractivity contribution in [2.24, 2.45) is 0 Å². The quantitative estimate of drug-likeness (QED) is 0.595. The van der Waals surface area contributed by atoms with Crippen molar-refractivity contribution in [1.82, 2.24) is 9.55 Å². The molecule has 1 saturated heterocycles. The molecule has 0 amide bonds. The maximum absolute atomic E-state index is 11.8. The Bertz CT molecular complexity index is 490. The molecule has 106 valence electrons. The predicted octanol–water partition coefficient (Wildman–Crippen LogP) is -1.75. The van der Waals surface area contributed by atoms with Gasteiger partial charge < -0.3 is 24.8 Å². The number of nitrogens with zero attached hydrogens (tertiary/aromatic N) is 2. The van der Waals surface area contributed by atoms with Crippen LogP contribution in [0.1, 0.15) is 13.2 Å². The minimum Gasteiger partial charge on any atom is -0.478 e. The highest BCUT2D eigenvalue weighted by Gasteiger charge is 2.43. The topological polar surface area (TPSA) is 114 Å². The molecule has 0 bridgehead atoms. The van der Waals surface area contributed by atoms with Gasteiger partial charge in [0.2, 0.25) is 5.88 Å². The minimum absolute atomic E-state index is 0.176. The van der Waals surface area contributed by atoms with Gasteiger partial charge in [-0.05, 0) is 6.92 Å². The Labute approximate surface area is 108 Å². The second-order valence-electron chi connectivity index (χ2n) is 4.12. The molecule has 3 N–H and O–H groups in total. The van der Waals surface area contributed by atoms with Gasteiger partial charge in [-0.1, -0.05) is 0 Å². The molecule has 1 aliphatic heterocycles. The Morgan fingerprint density at radius 3 is 2.74 bits per heavy atom. The second-order valence-corrected chi connectivity index (χ2v) is 4.12. The van der Waals surface area contributed by atoms with Crippen molar-refractivity contribution in [3.8, 4) is 5.88 Å². The highest BCUT2D eigenvalue weighted by atomic mass is 16.6. The first kappa shape index (κ1) is 13.9. The Kier molecular flexibility index (Phi) is 4.15. The lowest BCUT2D eigenvalue weighted by molar-refractivity contribution is -0.0551. The zero-order chi connectivity index (χ0) is 14.0. The fraction of sp³-hybridized carbons (Fsp3) is 0.636. The lowest BCUT2D eigenvalue weighted by Gasteiger charge is -2.17. The van der Waals surface area contributed by atoms with Crippen LogP contribution in [0.5, 0.6) is 5.88 Å². The molecule has 2 heterocycles. The first-order chi connectivity index (χ1) is 9.08. The lowest BCUT2D eigenvalue weighted by Crippen LogP contribution is -2.35. The summed E-state index contributed by atoms with van der Waals surface area (Å²) in [5, 5.41) is 28.4. The van der Waals surface area contributed by atoms with E-state index in [1.807, 2.05) is 0 Å². The summed E-state index contributed by atoms with van der Waals surface area (Å²) in [4.78, 5) is 15.5. The van der Waals surface area contributed by atoms with Crippen LogP contribution in [0.3, 0.4) is 0 Å². The maximum atomic E-state index is 11.8. The third kappa shape index (κ3) is 2.61. The summed E-state index contributed by atoms with van der Waals surface area (Å²) in [5.74, 6) is 0.176. The molecule has 2 rings (SSSR count). The van der Waals surface area contributed by atoms with E-state index in [9.17, 15) is 15.0 Å². The SMILES string of the molecule is CCOc1ccn(C2O[C@H](CO)[C@@H](O)[C@H]2O)c(=O)n1. The third-order valence-corrected chi connectivity index (χ3v) is 2.89. The van der Waals surface area contributed by atoms with Crippen molar-refractivity contribution in [1.29, 1.82) is 0 Å². The van der Waals surface area contributed by atoms with E-state index < -0.39 is 36.8 Å². The summed E-state index contributed by atoms with van der Waals surface area (Å²) in [6.07, 6.45) is -3.22. The monoisotopic (exact) mass is 272 g/mol. The molecule has 1 aromatic heterocycles. The fourth-order valence-electron chi connectivity index (χ4n) is 1.93. The lowest BCUT2D eigenvalue weighted by atomic mass is 10.1. The zero-order valence-electron chi connectivity index (χ0n) is 10.3. The zero-order valence-corrected chi connectivity index (χ0v) is 10.3. The smallest absolute Gasteiger partial charge is 0.353 e. The fourth-order valence-corrected chi connectivity index (χ4v) is 1.93. The van der Waals surface area contributed by atoms with Crippen molar-refractivity contribution in [2.45, 2.75) is 31.5 Å². The summed E-state index contributed by atoms with van der Waals surface area (Å²) in [7, 11) is 0. The molecule has 1 fully saturated rings. The second kappa shape index (κ2) is 5.66. The first-order valence-corrected chi connectivity index (χ1v) is 5.93. The molecule has 8 heteroatoms. The Hall–Kier alpha value is -1.48. The number of aromatic nitrogens is 2. The predicted molar refractivity (Wildman–Crippen MR) is 62.7 cm³/mol. The van der Waals surface area contributed by atoms with E-state index in [1.165, 1.54) is 12.3 Å². The van der Waals surface area contributed by atoms with E-state index in [4.69, 9.17) is 14.6 Å². The van der Waals surface area contributed by atoms with Crippen LogP contribution < -0.4 is 10.4 Å². The first-order valence-electron chi connectivity index (χ1n) is 5.93. The molecule has 0 spiro atoms. The van der Waals surface area contributed by atoms with E-state index in [-0.39, 0.29) is 5.88 Å². The average Bonchev–Trinajstić information content (AvgIpc) is 2.67. The number of aliphatic hydroxyl groups excluding tert-OH is 3. The van der Waals surface area contributed by atoms with Gasteiger partial charge in [0.05, 0.1) is 13.2 Å². The Balaban J connectivity index is 2.25. The summed E-state index contributed by atoms with van der Waals surface area (Å²) >= 11 is 0. The van der Waals surface area contributed by atoms with Gasteiger partial charge in [-0.3, -0.25) is 4.57 Å². The van der Waals surface area contributed by atoms with Crippen LogP contribution in [0.2, 0.25) is 0 Å². The van der Waals surface area contributed by atoms with Crippen molar-refractivity contribution >= 4 is 0 Å². The average molecular weight is 272 g/mol. The molecule has 4 atom stereocenters. The molecule has 1 aromatic rings. The van der Waals surface area contributed by atoms with Crippen LogP contribution in [0.15, 0.2) is 17.1 Å². The molecular weight excluding hydrogens is 256 g/mol. The number of ether oxygens (including phenoxy) is 2. The van der Waals surface area contributed by atoms with Crippen LogP contribution >= 0.6 is 0 Å². The van der Waals surface area contributed by atoms with E-state index in [2.05, 4.69) is 4.98 Å². The molecule has 1 aliphatic rings. The van der Waals surface area contributed by atoms with E-state index in [0.29, 0.717) is 6.61 Å². The Morgan fingerprint density at radius 1 is 1.47 bits per heavy atom. The molecular formula is C11H16N2O6. The van der Waals surface area contributed by atoms with Crippen molar-refractivity contribution < 1.29 is 24.8 Å². The number of rotatable bonds is 4. The van der Waals surface area contributed by atoms with E-state index in [0.717, 1.165) is 4.57 Å². The standard InChI is InChI=1S/C11H16N2O6/c1-2-18-7-3-4-13(11(17)12-7)10-9(16)8(15)6(5-14)19-10/h3-4,6,8-10,14-16H,2,5H2,1H3/t6-,8-,9-,10?/m1/s1. The van der Waals surface area contributed by atoms with Crippen LogP contribution in [0.25, 0.3) is 0 Å². The van der Waals surface area contributed by atoms with E-state index in [1.54, 1.807) is 6.92 Å². The third-order valence-electron chi connectivity index (χ3n) is 2.89. The largest absolute Gasteiger partial charge is 0.478 e. The summed E-state index contributed by atoms with van der Waals surface area (Å²) in [5.41, 5.74) is -0.666. The van der Waals surface area contributed by atoms with Gasteiger partial charge in [0, 0.05) is 12.3 Å². The van der Waals surface area contributed by atoms with Crippen LogP contribution in [0, 0.1) is 0 Å². The summed E-state index contributed by atoms with van der Waals surface area (Å²) in [6, 6.07) is 1.46. The number of hydrogen-bond acceptors (Lipinski definition) is 7. The number of hydrogen-bond donors (Lipinski definition) is 3. The van der Waals surface area contributed by atoms with Crippen molar-refractivity contribution in [2.75, 3.05) is 13.2 Å². The molecule has 0 aliphatic carbocycles. The van der Waals surface area contributed by atoms with Crippen LogP contribution in [0.4, 0.5) is 0 Å². The highest BCUT2D eigenvalue weighted by molar-refractivity contribution is 5.06. The van der Waals surface area contributed by atoms with Gasteiger partial charge >= 0.3 is 5.69 Å².